The normalized spacial score (nSPS) is 11.6. The summed E-state index contributed by atoms with van der Waals surface area (Å²) in [6.45, 7) is 8.78. The summed E-state index contributed by atoms with van der Waals surface area (Å²) < 4.78 is 1.52. The van der Waals surface area contributed by atoms with Crippen LogP contribution in [-0.2, 0) is 6.54 Å². The molecule has 1 aromatic heterocycles. The molecule has 18 heavy (non-hydrogen) atoms. The van der Waals surface area contributed by atoms with Crippen LogP contribution >= 0.6 is 0 Å². The van der Waals surface area contributed by atoms with E-state index in [1.807, 2.05) is 7.05 Å². The summed E-state index contributed by atoms with van der Waals surface area (Å²) in [5.74, 6) is 0. The van der Waals surface area contributed by atoms with Gasteiger partial charge in [0.1, 0.15) is 0 Å². The third kappa shape index (κ3) is 5.31. The third-order valence-electron chi connectivity index (χ3n) is 2.65. The molecule has 0 aliphatic carbocycles. The van der Waals surface area contributed by atoms with Crippen LogP contribution in [0, 0.1) is 5.41 Å². The Morgan fingerprint density at radius 2 is 2.06 bits per heavy atom. The topological polar surface area (TPSA) is 59.0 Å². The molecule has 5 nitrogen and oxygen atoms in total. The number of nitrogens with one attached hydrogen (secondary N) is 2. The van der Waals surface area contributed by atoms with Crippen LogP contribution < -0.4 is 16.2 Å². The molecule has 1 rings (SSSR count). The minimum atomic E-state index is -0.0475. The summed E-state index contributed by atoms with van der Waals surface area (Å²) in [6, 6.07) is 1.60. The van der Waals surface area contributed by atoms with Gasteiger partial charge in [-0.25, -0.2) is 4.68 Å². The van der Waals surface area contributed by atoms with Crippen molar-refractivity contribution in [1.29, 1.82) is 0 Å². The average Bonchev–Trinajstić information content (AvgIpc) is 2.27. The lowest BCUT2D eigenvalue weighted by atomic mass is 9.92. The Labute approximate surface area is 109 Å². The molecule has 5 heteroatoms. The molecule has 0 aliphatic rings. The van der Waals surface area contributed by atoms with Crippen molar-refractivity contribution in [3.63, 3.8) is 0 Å². The summed E-state index contributed by atoms with van der Waals surface area (Å²) in [7, 11) is 1.89. The van der Waals surface area contributed by atoms with E-state index in [2.05, 4.69) is 36.5 Å². The zero-order chi connectivity index (χ0) is 13.6. The van der Waals surface area contributed by atoms with Gasteiger partial charge in [0.25, 0.3) is 5.56 Å². The number of hydrogen-bond acceptors (Lipinski definition) is 4. The second kappa shape index (κ2) is 6.54. The number of rotatable bonds is 6. The highest BCUT2D eigenvalue weighted by Crippen LogP contribution is 2.18. The maximum Gasteiger partial charge on any atom is 0.268 e. The highest BCUT2D eigenvalue weighted by Gasteiger charge is 2.11. The van der Waals surface area contributed by atoms with E-state index in [-0.39, 0.29) is 11.0 Å². The van der Waals surface area contributed by atoms with E-state index in [9.17, 15) is 4.79 Å². The Morgan fingerprint density at radius 3 is 2.61 bits per heavy atom. The molecule has 0 aliphatic heterocycles. The van der Waals surface area contributed by atoms with Gasteiger partial charge in [0.2, 0.25) is 0 Å². The van der Waals surface area contributed by atoms with Crippen molar-refractivity contribution in [2.24, 2.45) is 5.41 Å². The molecule has 0 saturated carbocycles. The first-order valence-electron chi connectivity index (χ1n) is 6.38. The first-order valence-corrected chi connectivity index (χ1v) is 6.38. The molecule has 2 N–H and O–H groups in total. The Bertz CT molecular complexity index is 420. The molecule has 0 saturated heterocycles. The second-order valence-electron chi connectivity index (χ2n) is 5.65. The Balaban J connectivity index is 2.60. The number of nitrogens with zero attached hydrogens (tertiary/aromatic N) is 2. The molecular formula is C13H24N4O. The molecule has 0 radical (unpaired) electrons. The van der Waals surface area contributed by atoms with Crippen molar-refractivity contribution in [3.05, 3.63) is 22.6 Å². The van der Waals surface area contributed by atoms with Gasteiger partial charge in [-0.2, -0.15) is 5.10 Å². The van der Waals surface area contributed by atoms with Gasteiger partial charge >= 0.3 is 0 Å². The van der Waals surface area contributed by atoms with E-state index in [0.29, 0.717) is 6.54 Å². The first kappa shape index (κ1) is 14.7. The highest BCUT2D eigenvalue weighted by molar-refractivity contribution is 5.38. The van der Waals surface area contributed by atoms with Gasteiger partial charge in [-0.05, 0) is 18.9 Å². The van der Waals surface area contributed by atoms with Crippen LogP contribution in [0.4, 0.5) is 5.69 Å². The third-order valence-corrected chi connectivity index (χ3v) is 2.65. The number of hydrogen-bond donors (Lipinski definition) is 2. The molecule has 0 fully saturated rings. The fraction of sp³-hybridized carbons (Fsp3) is 0.692. The number of anilines is 1. The minimum absolute atomic E-state index is 0.0475. The van der Waals surface area contributed by atoms with Crippen molar-refractivity contribution in [1.82, 2.24) is 15.1 Å². The lowest BCUT2D eigenvalue weighted by Crippen LogP contribution is -2.25. The fourth-order valence-corrected chi connectivity index (χ4v) is 1.47. The summed E-state index contributed by atoms with van der Waals surface area (Å²) in [4.78, 5) is 11.8. The number of likely N-dealkylation sites (N-methyl/N-ethyl adjacent to an activating group) is 1. The molecule has 0 spiro atoms. The smallest absolute Gasteiger partial charge is 0.268 e. The van der Waals surface area contributed by atoms with Crippen LogP contribution in [-0.4, -0.2) is 29.9 Å². The van der Waals surface area contributed by atoms with E-state index in [0.717, 1.165) is 25.2 Å². The molecular weight excluding hydrogens is 228 g/mol. The Hall–Kier alpha value is -1.36. The van der Waals surface area contributed by atoms with Gasteiger partial charge in [0.05, 0.1) is 11.9 Å². The summed E-state index contributed by atoms with van der Waals surface area (Å²) in [5.41, 5.74) is 0.946. The summed E-state index contributed by atoms with van der Waals surface area (Å²) in [5, 5.41) is 10.4. The molecule has 0 aromatic carbocycles. The molecule has 102 valence electrons. The highest BCUT2D eigenvalue weighted by atomic mass is 16.1. The number of aromatic nitrogens is 2. The molecule has 0 bridgehead atoms. The van der Waals surface area contributed by atoms with Gasteiger partial charge in [-0.15, -0.1) is 0 Å². The molecule has 0 amide bonds. The van der Waals surface area contributed by atoms with Gasteiger partial charge < -0.3 is 10.6 Å². The van der Waals surface area contributed by atoms with Crippen molar-refractivity contribution in [2.75, 3.05) is 25.5 Å². The molecule has 1 aromatic rings. The Morgan fingerprint density at radius 1 is 1.33 bits per heavy atom. The predicted molar refractivity (Wildman–Crippen MR) is 75.0 cm³/mol. The van der Waals surface area contributed by atoms with Gasteiger partial charge in [0.15, 0.2) is 0 Å². The van der Waals surface area contributed by atoms with Crippen molar-refractivity contribution >= 4 is 5.69 Å². The zero-order valence-corrected chi connectivity index (χ0v) is 11.8. The molecule has 0 unspecified atom stereocenters. The van der Waals surface area contributed by atoms with Gasteiger partial charge in [-0.3, -0.25) is 4.79 Å². The maximum absolute atomic E-state index is 11.8. The average molecular weight is 252 g/mol. The van der Waals surface area contributed by atoms with Gasteiger partial charge in [0, 0.05) is 25.7 Å². The monoisotopic (exact) mass is 252 g/mol. The van der Waals surface area contributed by atoms with Crippen LogP contribution in [0.2, 0.25) is 0 Å². The molecule has 0 atom stereocenters. The minimum Gasteiger partial charge on any atom is -0.382 e. The quantitative estimate of drug-likeness (QED) is 0.750. The van der Waals surface area contributed by atoms with Crippen molar-refractivity contribution in [3.8, 4) is 0 Å². The fourth-order valence-electron chi connectivity index (χ4n) is 1.47. The predicted octanol–water partition coefficient (Wildman–Crippen LogP) is 1.31. The van der Waals surface area contributed by atoms with Crippen molar-refractivity contribution in [2.45, 2.75) is 33.7 Å². The molecule has 1 heterocycles. The van der Waals surface area contributed by atoms with E-state index < -0.39 is 0 Å². The van der Waals surface area contributed by atoms with E-state index in [1.165, 1.54) is 4.68 Å². The van der Waals surface area contributed by atoms with E-state index in [1.54, 1.807) is 12.3 Å². The van der Waals surface area contributed by atoms with Crippen molar-refractivity contribution < 1.29 is 0 Å². The van der Waals surface area contributed by atoms with Crippen LogP contribution in [0.1, 0.15) is 27.2 Å². The zero-order valence-electron chi connectivity index (χ0n) is 11.8. The number of aryl methyl sites for hydroxylation is 1. The maximum atomic E-state index is 11.8. The largest absolute Gasteiger partial charge is 0.382 e. The van der Waals surface area contributed by atoms with Gasteiger partial charge in [-0.1, -0.05) is 20.8 Å². The standard InChI is InChI=1S/C13H24N4O/c1-13(2,3)5-8-17-12(18)9-11(10-16-17)15-7-6-14-4/h9-10,14-15H,5-8H2,1-4H3. The second-order valence-corrected chi connectivity index (χ2v) is 5.65. The summed E-state index contributed by atoms with van der Waals surface area (Å²) >= 11 is 0. The van der Waals surface area contributed by atoms with E-state index in [4.69, 9.17) is 0 Å². The lowest BCUT2D eigenvalue weighted by Gasteiger charge is -2.18. The SMILES string of the molecule is CNCCNc1cnn(CCC(C)(C)C)c(=O)c1. The van der Waals surface area contributed by atoms with Crippen LogP contribution in [0.15, 0.2) is 17.1 Å². The van der Waals surface area contributed by atoms with Crippen LogP contribution in [0.25, 0.3) is 0 Å². The van der Waals surface area contributed by atoms with Crippen LogP contribution in [0.3, 0.4) is 0 Å². The lowest BCUT2D eigenvalue weighted by molar-refractivity contribution is 0.336. The first-order chi connectivity index (χ1) is 8.42. The summed E-state index contributed by atoms with van der Waals surface area (Å²) in [6.07, 6.45) is 2.64. The Kier molecular flexibility index (Phi) is 5.34. The van der Waals surface area contributed by atoms with E-state index >= 15 is 0 Å². The van der Waals surface area contributed by atoms with Crippen LogP contribution in [0.5, 0.6) is 0 Å².